The summed E-state index contributed by atoms with van der Waals surface area (Å²) in [7, 11) is 0. The van der Waals surface area contributed by atoms with Gasteiger partial charge >= 0.3 is 0 Å². The molecule has 0 aliphatic rings. The molecule has 0 bridgehead atoms. The lowest BCUT2D eigenvalue weighted by Crippen LogP contribution is -2.24. The van der Waals surface area contributed by atoms with Crippen molar-refractivity contribution in [1.82, 2.24) is 9.55 Å². The second-order valence-electron chi connectivity index (χ2n) is 4.97. The summed E-state index contributed by atoms with van der Waals surface area (Å²) in [4.78, 5) is 28.1. The smallest absolute Gasteiger partial charge is 0.262 e. The summed E-state index contributed by atoms with van der Waals surface area (Å²) in [6.45, 7) is 2.69. The Morgan fingerprint density at radius 3 is 2.86 bits per heavy atom. The summed E-state index contributed by atoms with van der Waals surface area (Å²) in [5.74, 6) is -0.350. The Morgan fingerprint density at radius 2 is 2.18 bits per heavy atom. The Balaban J connectivity index is 2.48. The van der Waals surface area contributed by atoms with Gasteiger partial charge in [-0.15, -0.1) is 0 Å². The highest BCUT2D eigenvalue weighted by Crippen LogP contribution is 2.20. The fourth-order valence-corrected chi connectivity index (χ4v) is 3.07. The standard InChI is InChI=1S/C15H18ClN3O2S/c1-2-3-4-7-19-14(21)11-6-5-10(16)8-12(11)18-15(19)22-9-13(17)20/h5-6,8H,2-4,7,9H2,1H3,(H2,17,20). The molecule has 0 saturated heterocycles. The Labute approximate surface area is 137 Å². The minimum atomic E-state index is -0.439. The predicted octanol–water partition coefficient (Wildman–Crippen LogP) is 2.82. The zero-order valence-electron chi connectivity index (χ0n) is 12.3. The summed E-state index contributed by atoms with van der Waals surface area (Å²) in [6, 6.07) is 5.02. The van der Waals surface area contributed by atoms with Gasteiger partial charge in [-0.25, -0.2) is 4.98 Å². The summed E-state index contributed by atoms with van der Waals surface area (Å²) in [5, 5.41) is 1.56. The Morgan fingerprint density at radius 1 is 1.41 bits per heavy atom. The van der Waals surface area contributed by atoms with Crippen LogP contribution >= 0.6 is 23.4 Å². The molecular weight excluding hydrogens is 322 g/mol. The van der Waals surface area contributed by atoms with Gasteiger partial charge in [0, 0.05) is 11.6 Å². The van der Waals surface area contributed by atoms with Gasteiger partial charge in [-0.05, 0) is 24.6 Å². The molecule has 2 aromatic rings. The maximum atomic E-state index is 12.6. The third-order valence-corrected chi connectivity index (χ3v) is 4.44. The molecule has 1 amide bonds. The lowest BCUT2D eigenvalue weighted by Gasteiger charge is -2.12. The van der Waals surface area contributed by atoms with Gasteiger partial charge in [-0.1, -0.05) is 43.1 Å². The number of hydrogen-bond donors (Lipinski definition) is 1. The highest BCUT2D eigenvalue weighted by atomic mass is 35.5. The monoisotopic (exact) mass is 339 g/mol. The Bertz CT molecular complexity index is 745. The molecule has 1 aromatic carbocycles. The molecule has 22 heavy (non-hydrogen) atoms. The SMILES string of the molecule is CCCCCn1c(SCC(N)=O)nc2cc(Cl)ccc2c1=O. The molecule has 0 saturated carbocycles. The number of hydrogen-bond acceptors (Lipinski definition) is 4. The quantitative estimate of drug-likeness (QED) is 0.478. The number of amides is 1. The molecule has 0 atom stereocenters. The van der Waals surface area contributed by atoms with Crippen molar-refractivity contribution in [1.29, 1.82) is 0 Å². The molecule has 0 aliphatic heterocycles. The van der Waals surface area contributed by atoms with E-state index in [1.165, 1.54) is 11.8 Å². The number of primary amides is 1. The van der Waals surface area contributed by atoms with Crippen molar-refractivity contribution in [2.75, 3.05) is 5.75 Å². The first-order valence-electron chi connectivity index (χ1n) is 7.14. The number of benzene rings is 1. The summed E-state index contributed by atoms with van der Waals surface area (Å²) in [6.07, 6.45) is 2.99. The molecule has 1 aromatic heterocycles. The van der Waals surface area contributed by atoms with Crippen LogP contribution in [-0.4, -0.2) is 21.2 Å². The van der Waals surface area contributed by atoms with Crippen molar-refractivity contribution in [3.8, 4) is 0 Å². The number of aromatic nitrogens is 2. The molecule has 5 nitrogen and oxygen atoms in total. The van der Waals surface area contributed by atoms with Gasteiger partial charge < -0.3 is 5.73 Å². The van der Waals surface area contributed by atoms with Crippen molar-refractivity contribution < 1.29 is 4.79 Å². The second kappa shape index (κ2) is 7.65. The van der Waals surface area contributed by atoms with Crippen LogP contribution in [0, 0.1) is 0 Å². The van der Waals surface area contributed by atoms with E-state index in [2.05, 4.69) is 11.9 Å². The van der Waals surface area contributed by atoms with E-state index in [0.29, 0.717) is 27.6 Å². The first-order valence-corrected chi connectivity index (χ1v) is 8.50. The molecule has 0 fully saturated rings. The van der Waals surface area contributed by atoms with E-state index in [0.717, 1.165) is 19.3 Å². The summed E-state index contributed by atoms with van der Waals surface area (Å²) >= 11 is 7.15. The van der Waals surface area contributed by atoms with Crippen LogP contribution in [0.1, 0.15) is 26.2 Å². The number of nitrogens with zero attached hydrogens (tertiary/aromatic N) is 2. The van der Waals surface area contributed by atoms with E-state index in [1.807, 2.05) is 0 Å². The van der Waals surface area contributed by atoms with Crippen LogP contribution in [0.2, 0.25) is 5.02 Å². The van der Waals surface area contributed by atoms with Crippen LogP contribution in [0.4, 0.5) is 0 Å². The Kier molecular flexibility index (Phi) is 5.85. The predicted molar refractivity (Wildman–Crippen MR) is 90.5 cm³/mol. The van der Waals surface area contributed by atoms with Crippen LogP contribution in [0.15, 0.2) is 28.2 Å². The van der Waals surface area contributed by atoms with Crippen molar-refractivity contribution in [3.63, 3.8) is 0 Å². The lowest BCUT2D eigenvalue weighted by molar-refractivity contribution is -0.115. The van der Waals surface area contributed by atoms with Crippen LogP contribution in [0.3, 0.4) is 0 Å². The number of thioether (sulfide) groups is 1. The van der Waals surface area contributed by atoms with Gasteiger partial charge in [0.2, 0.25) is 5.91 Å². The highest BCUT2D eigenvalue weighted by Gasteiger charge is 2.12. The van der Waals surface area contributed by atoms with Crippen molar-refractivity contribution in [2.24, 2.45) is 5.73 Å². The van der Waals surface area contributed by atoms with Gasteiger partial charge in [-0.3, -0.25) is 14.2 Å². The average Bonchev–Trinajstić information content (AvgIpc) is 2.47. The topological polar surface area (TPSA) is 78.0 Å². The largest absolute Gasteiger partial charge is 0.369 e. The molecule has 118 valence electrons. The van der Waals surface area contributed by atoms with Gasteiger partial charge in [0.1, 0.15) is 0 Å². The van der Waals surface area contributed by atoms with E-state index < -0.39 is 5.91 Å². The van der Waals surface area contributed by atoms with Crippen LogP contribution in [0.5, 0.6) is 0 Å². The molecule has 7 heteroatoms. The lowest BCUT2D eigenvalue weighted by atomic mass is 10.2. The van der Waals surface area contributed by atoms with Gasteiger partial charge in [-0.2, -0.15) is 0 Å². The Hall–Kier alpha value is -1.53. The average molecular weight is 340 g/mol. The van der Waals surface area contributed by atoms with E-state index >= 15 is 0 Å². The molecule has 0 unspecified atom stereocenters. The first kappa shape index (κ1) is 16.8. The van der Waals surface area contributed by atoms with E-state index in [9.17, 15) is 9.59 Å². The maximum absolute atomic E-state index is 12.6. The summed E-state index contributed by atoms with van der Waals surface area (Å²) in [5.41, 5.74) is 5.62. The van der Waals surface area contributed by atoms with Gasteiger partial charge in [0.05, 0.1) is 16.7 Å². The number of nitrogens with two attached hydrogens (primary N) is 1. The number of carbonyl (C=O) groups excluding carboxylic acids is 1. The molecule has 1 heterocycles. The molecule has 2 rings (SSSR count). The van der Waals surface area contributed by atoms with Crippen molar-refractivity contribution >= 4 is 40.2 Å². The number of unbranched alkanes of at least 4 members (excludes halogenated alkanes) is 2. The van der Waals surface area contributed by atoms with Gasteiger partial charge in [0.15, 0.2) is 5.16 Å². The number of halogens is 1. The van der Waals surface area contributed by atoms with Crippen LogP contribution in [-0.2, 0) is 11.3 Å². The first-order chi connectivity index (χ1) is 10.5. The van der Waals surface area contributed by atoms with Crippen molar-refractivity contribution in [2.45, 2.75) is 37.9 Å². The normalized spacial score (nSPS) is 11.0. The molecule has 0 radical (unpaired) electrons. The highest BCUT2D eigenvalue weighted by molar-refractivity contribution is 7.99. The molecule has 0 spiro atoms. The van der Waals surface area contributed by atoms with E-state index in [4.69, 9.17) is 17.3 Å². The van der Waals surface area contributed by atoms with Crippen LogP contribution in [0.25, 0.3) is 10.9 Å². The van der Waals surface area contributed by atoms with Gasteiger partial charge in [0.25, 0.3) is 5.56 Å². The minimum Gasteiger partial charge on any atom is -0.369 e. The zero-order chi connectivity index (χ0) is 16.1. The number of rotatable bonds is 7. The molecule has 2 N–H and O–H groups in total. The zero-order valence-corrected chi connectivity index (χ0v) is 13.9. The maximum Gasteiger partial charge on any atom is 0.262 e. The van der Waals surface area contributed by atoms with Crippen LogP contribution < -0.4 is 11.3 Å². The third kappa shape index (κ3) is 4.01. The summed E-state index contributed by atoms with van der Waals surface area (Å²) < 4.78 is 1.62. The van der Waals surface area contributed by atoms with E-state index in [-0.39, 0.29) is 11.3 Å². The molecular formula is C15H18ClN3O2S. The third-order valence-electron chi connectivity index (χ3n) is 3.21. The minimum absolute atomic E-state index is 0.0896. The second-order valence-corrected chi connectivity index (χ2v) is 6.35. The van der Waals surface area contributed by atoms with E-state index in [1.54, 1.807) is 22.8 Å². The fraction of sp³-hybridized carbons (Fsp3) is 0.400. The number of fused-ring (bicyclic) bond motifs is 1. The molecule has 0 aliphatic carbocycles. The van der Waals surface area contributed by atoms with Crippen molar-refractivity contribution in [3.05, 3.63) is 33.6 Å². The fourth-order valence-electron chi connectivity index (χ4n) is 2.14. The number of carbonyl (C=O) groups is 1.